The fourth-order valence-electron chi connectivity index (χ4n) is 3.43. The van der Waals surface area contributed by atoms with E-state index >= 15 is 0 Å². The summed E-state index contributed by atoms with van der Waals surface area (Å²) in [5.74, 6) is 0.408. The number of benzene rings is 2. The third kappa shape index (κ3) is 5.78. The van der Waals surface area contributed by atoms with Crippen molar-refractivity contribution in [1.29, 1.82) is 0 Å². The van der Waals surface area contributed by atoms with Gasteiger partial charge < -0.3 is 15.5 Å². The Kier molecular flexibility index (Phi) is 7.59. The van der Waals surface area contributed by atoms with Gasteiger partial charge in [0, 0.05) is 12.5 Å². The van der Waals surface area contributed by atoms with E-state index in [0.29, 0.717) is 12.4 Å². The molecule has 152 valence electrons. The minimum Gasteiger partial charge on any atom is -0.446 e. The molecule has 1 heterocycles. The number of aromatic nitrogens is 1. The van der Waals surface area contributed by atoms with E-state index in [1.165, 1.54) is 17.4 Å². The number of carbonyl (C=O) groups excluding carboxylic acids is 1. The zero-order valence-corrected chi connectivity index (χ0v) is 16.9. The van der Waals surface area contributed by atoms with Crippen molar-refractivity contribution in [3.8, 4) is 0 Å². The number of hydrogen-bond acceptors (Lipinski definition) is 4. The first-order chi connectivity index (χ1) is 14.2. The average molecular weight is 392 g/mol. The van der Waals surface area contributed by atoms with Gasteiger partial charge in [-0.05, 0) is 24.0 Å². The molecule has 0 aliphatic heterocycles. The molecular weight excluding hydrogens is 362 g/mol. The number of nitrogens with one attached hydrogen (secondary N) is 1. The van der Waals surface area contributed by atoms with E-state index in [-0.39, 0.29) is 23.6 Å². The van der Waals surface area contributed by atoms with Crippen molar-refractivity contribution in [3.05, 3.63) is 89.6 Å². The Morgan fingerprint density at radius 3 is 2.24 bits per heavy atom. The van der Waals surface area contributed by atoms with Gasteiger partial charge in [-0.2, -0.15) is 0 Å². The number of rotatable bonds is 10. The molecule has 0 bridgehead atoms. The minimum atomic E-state index is -0.267. The summed E-state index contributed by atoms with van der Waals surface area (Å²) in [5, 5.41) is 2.96. The molecule has 0 saturated carbocycles. The number of nitrogens with zero attached hydrogens (tertiary/aromatic N) is 1. The van der Waals surface area contributed by atoms with Crippen LogP contribution in [-0.4, -0.2) is 17.4 Å². The SMILES string of the molecule is CCCCC(N)c1nc(C(=O)NCCC(c2ccccc2)c2ccccc2)co1. The van der Waals surface area contributed by atoms with Crippen LogP contribution in [0.1, 0.15) is 72.1 Å². The fourth-order valence-corrected chi connectivity index (χ4v) is 3.43. The summed E-state index contributed by atoms with van der Waals surface area (Å²) in [6.45, 7) is 2.65. The molecule has 1 aromatic heterocycles. The van der Waals surface area contributed by atoms with Gasteiger partial charge in [-0.25, -0.2) is 4.98 Å². The summed E-state index contributed by atoms with van der Waals surface area (Å²) in [5.41, 5.74) is 8.83. The van der Waals surface area contributed by atoms with Gasteiger partial charge in [0.2, 0.25) is 5.89 Å². The molecule has 1 atom stereocenters. The van der Waals surface area contributed by atoms with Crippen molar-refractivity contribution < 1.29 is 9.21 Å². The number of nitrogens with two attached hydrogens (primary N) is 1. The van der Waals surface area contributed by atoms with Crippen LogP contribution in [0.15, 0.2) is 71.3 Å². The highest BCUT2D eigenvalue weighted by atomic mass is 16.3. The predicted octanol–water partition coefficient (Wildman–Crippen LogP) is 4.82. The first kappa shape index (κ1) is 20.8. The second-order valence-electron chi connectivity index (χ2n) is 7.24. The number of oxazole rings is 1. The lowest BCUT2D eigenvalue weighted by Crippen LogP contribution is -2.26. The second kappa shape index (κ2) is 10.6. The van der Waals surface area contributed by atoms with Crippen molar-refractivity contribution in [2.24, 2.45) is 5.73 Å². The Morgan fingerprint density at radius 1 is 1.03 bits per heavy atom. The maximum absolute atomic E-state index is 12.5. The van der Waals surface area contributed by atoms with Crippen LogP contribution < -0.4 is 11.1 Å². The molecule has 0 aliphatic rings. The van der Waals surface area contributed by atoms with Crippen LogP contribution in [0.25, 0.3) is 0 Å². The molecule has 5 nitrogen and oxygen atoms in total. The zero-order valence-electron chi connectivity index (χ0n) is 16.9. The van der Waals surface area contributed by atoms with Gasteiger partial charge in [-0.3, -0.25) is 4.79 Å². The monoisotopic (exact) mass is 391 g/mol. The van der Waals surface area contributed by atoms with Crippen LogP contribution in [0.3, 0.4) is 0 Å². The van der Waals surface area contributed by atoms with E-state index in [0.717, 1.165) is 25.7 Å². The highest BCUT2D eigenvalue weighted by molar-refractivity contribution is 5.91. The topological polar surface area (TPSA) is 81.1 Å². The summed E-state index contributed by atoms with van der Waals surface area (Å²) in [6, 6.07) is 20.4. The van der Waals surface area contributed by atoms with E-state index in [1.54, 1.807) is 0 Å². The van der Waals surface area contributed by atoms with Gasteiger partial charge in [0.1, 0.15) is 6.26 Å². The molecule has 0 radical (unpaired) electrons. The summed E-state index contributed by atoms with van der Waals surface area (Å²) < 4.78 is 5.41. The van der Waals surface area contributed by atoms with Gasteiger partial charge in [0.05, 0.1) is 6.04 Å². The molecule has 3 N–H and O–H groups in total. The minimum absolute atomic E-state index is 0.216. The van der Waals surface area contributed by atoms with Crippen LogP contribution in [0, 0.1) is 0 Å². The van der Waals surface area contributed by atoms with Crippen molar-refractivity contribution in [2.75, 3.05) is 6.54 Å². The number of carbonyl (C=O) groups is 1. The third-order valence-electron chi connectivity index (χ3n) is 5.06. The van der Waals surface area contributed by atoms with Crippen molar-refractivity contribution >= 4 is 5.91 Å². The molecule has 3 rings (SSSR count). The van der Waals surface area contributed by atoms with Gasteiger partial charge in [0.25, 0.3) is 5.91 Å². The van der Waals surface area contributed by atoms with Crippen molar-refractivity contribution in [3.63, 3.8) is 0 Å². The maximum Gasteiger partial charge on any atom is 0.273 e. The van der Waals surface area contributed by atoms with Gasteiger partial charge in [-0.1, -0.05) is 80.4 Å². The maximum atomic E-state index is 12.5. The molecule has 2 aromatic carbocycles. The van der Waals surface area contributed by atoms with Gasteiger partial charge in [-0.15, -0.1) is 0 Å². The fraction of sp³-hybridized carbons (Fsp3) is 0.333. The van der Waals surface area contributed by atoms with E-state index in [4.69, 9.17) is 10.2 Å². The number of amides is 1. The molecule has 1 unspecified atom stereocenters. The molecule has 29 heavy (non-hydrogen) atoms. The summed E-state index contributed by atoms with van der Waals surface area (Å²) in [7, 11) is 0. The smallest absolute Gasteiger partial charge is 0.273 e. The third-order valence-corrected chi connectivity index (χ3v) is 5.06. The Labute approximate surface area is 172 Å². The lowest BCUT2D eigenvalue weighted by molar-refractivity contribution is 0.0947. The van der Waals surface area contributed by atoms with Crippen LogP contribution in [0.5, 0.6) is 0 Å². The summed E-state index contributed by atoms with van der Waals surface area (Å²) >= 11 is 0. The van der Waals surface area contributed by atoms with Crippen LogP contribution in [0.4, 0.5) is 0 Å². The molecule has 1 amide bonds. The highest BCUT2D eigenvalue weighted by Crippen LogP contribution is 2.27. The predicted molar refractivity (Wildman–Crippen MR) is 115 cm³/mol. The van der Waals surface area contributed by atoms with E-state index < -0.39 is 0 Å². The van der Waals surface area contributed by atoms with Crippen molar-refractivity contribution in [1.82, 2.24) is 10.3 Å². The quantitative estimate of drug-likeness (QED) is 0.519. The molecule has 3 aromatic rings. The molecule has 5 heteroatoms. The standard InChI is InChI=1S/C24H29N3O2/c1-2-3-14-21(25)24-27-22(17-29-24)23(28)26-16-15-20(18-10-6-4-7-11-18)19-12-8-5-9-13-19/h4-13,17,20-21H,2-3,14-16,25H2,1H3,(H,26,28). The van der Waals surface area contributed by atoms with Crippen LogP contribution >= 0.6 is 0 Å². The molecule has 0 fully saturated rings. The van der Waals surface area contributed by atoms with Gasteiger partial charge in [0.15, 0.2) is 5.69 Å². The lowest BCUT2D eigenvalue weighted by atomic mass is 9.88. The Bertz CT molecular complexity index is 838. The normalized spacial score (nSPS) is 12.1. The van der Waals surface area contributed by atoms with Gasteiger partial charge >= 0.3 is 0 Å². The highest BCUT2D eigenvalue weighted by Gasteiger charge is 2.18. The largest absolute Gasteiger partial charge is 0.446 e. The first-order valence-corrected chi connectivity index (χ1v) is 10.3. The number of hydrogen-bond donors (Lipinski definition) is 2. The Balaban J connectivity index is 1.60. The molecule has 0 aliphatic carbocycles. The summed E-state index contributed by atoms with van der Waals surface area (Å²) in [6.07, 6.45) is 5.05. The van der Waals surface area contributed by atoms with Crippen LogP contribution in [-0.2, 0) is 0 Å². The van der Waals surface area contributed by atoms with Crippen molar-refractivity contribution in [2.45, 2.75) is 44.6 Å². The Morgan fingerprint density at radius 2 is 1.66 bits per heavy atom. The molecule has 0 spiro atoms. The lowest BCUT2D eigenvalue weighted by Gasteiger charge is -2.18. The summed E-state index contributed by atoms with van der Waals surface area (Å²) in [4.78, 5) is 16.7. The number of unbranched alkanes of at least 4 members (excludes halogenated alkanes) is 1. The van der Waals surface area contributed by atoms with Crippen LogP contribution in [0.2, 0.25) is 0 Å². The van der Waals surface area contributed by atoms with E-state index in [9.17, 15) is 4.79 Å². The van der Waals surface area contributed by atoms with E-state index in [1.807, 2.05) is 36.4 Å². The zero-order chi connectivity index (χ0) is 20.5. The molecule has 0 saturated heterocycles. The Hall–Kier alpha value is -2.92. The second-order valence-corrected chi connectivity index (χ2v) is 7.24. The van der Waals surface area contributed by atoms with E-state index in [2.05, 4.69) is 41.5 Å². The molecular formula is C24H29N3O2. The average Bonchev–Trinajstić information content (AvgIpc) is 3.27. The first-order valence-electron chi connectivity index (χ1n) is 10.3.